The first-order valence-electron chi connectivity index (χ1n) is 12.7. The molecule has 34 heavy (non-hydrogen) atoms. The van der Waals surface area contributed by atoms with Crippen molar-refractivity contribution in [1.29, 1.82) is 0 Å². The van der Waals surface area contributed by atoms with Gasteiger partial charge in [-0.3, -0.25) is 0 Å². The molecule has 1 N–H and O–H groups in total. The molecule has 0 heterocycles. The van der Waals surface area contributed by atoms with E-state index in [2.05, 4.69) is 105 Å². The highest BCUT2D eigenvalue weighted by atomic mass is 31.1. The summed E-state index contributed by atoms with van der Waals surface area (Å²) in [6.45, 7) is 25.0. The average molecular weight is 486 g/mol. The van der Waals surface area contributed by atoms with Crippen molar-refractivity contribution in [3.63, 3.8) is 0 Å². The van der Waals surface area contributed by atoms with Gasteiger partial charge in [0.15, 0.2) is 6.79 Å². The van der Waals surface area contributed by atoms with Crippen molar-refractivity contribution in [3.8, 4) is 5.75 Å². The minimum Gasteiger partial charge on any atom is -0.467 e. The maximum atomic E-state index is 6.39. The Kier molecular flexibility index (Phi) is 9.79. The maximum Gasteiger partial charge on any atom is 0.188 e. The number of nitrogens with one attached hydrogen (secondary N) is 1. The van der Waals surface area contributed by atoms with E-state index in [1.165, 1.54) is 33.1 Å². The van der Waals surface area contributed by atoms with Crippen molar-refractivity contribution in [2.45, 2.75) is 98.2 Å². The van der Waals surface area contributed by atoms with Gasteiger partial charge in [-0.1, -0.05) is 101 Å². The Labute approximate surface area is 211 Å². The Balaban J connectivity index is 2.79. The van der Waals surface area contributed by atoms with E-state index >= 15 is 0 Å². The standard InChI is InChI=1S/C30H48NO2P/c1-12-30(10,34-27-21(3)15-14-16-22(27)19-31-13-2)25-18-23(28(4,5)6)17-24(29(7,8)9)26(25)33-20-32-11/h14-18,31,34H,12-13,19-20H2,1-11H3. The molecule has 0 aromatic heterocycles. The van der Waals surface area contributed by atoms with Crippen LogP contribution >= 0.6 is 8.58 Å². The summed E-state index contributed by atoms with van der Waals surface area (Å²) in [5.41, 5.74) is 6.70. The lowest BCUT2D eigenvalue weighted by atomic mass is 9.77. The van der Waals surface area contributed by atoms with Crippen molar-refractivity contribution < 1.29 is 9.47 Å². The molecule has 2 aromatic carbocycles. The summed E-state index contributed by atoms with van der Waals surface area (Å²) in [4.78, 5) is 0. The average Bonchev–Trinajstić information content (AvgIpc) is 2.76. The van der Waals surface area contributed by atoms with Gasteiger partial charge in [-0.2, -0.15) is 0 Å². The SMILES string of the molecule is CCNCc1cccc(C)c1PC(C)(CC)c1cc(C(C)(C)C)cc(C(C)(C)C)c1OCOC. The topological polar surface area (TPSA) is 30.5 Å². The predicted octanol–water partition coefficient (Wildman–Crippen LogP) is 7.31. The lowest BCUT2D eigenvalue weighted by Gasteiger charge is -2.37. The number of benzene rings is 2. The Morgan fingerprint density at radius 2 is 1.56 bits per heavy atom. The molecule has 4 heteroatoms. The molecule has 0 aliphatic rings. The highest BCUT2D eigenvalue weighted by Crippen LogP contribution is 2.51. The zero-order valence-corrected chi connectivity index (χ0v) is 24.5. The first-order valence-corrected chi connectivity index (χ1v) is 13.7. The Bertz CT molecular complexity index is 955. The van der Waals surface area contributed by atoms with Crippen LogP contribution in [0.2, 0.25) is 0 Å². The molecule has 0 bridgehead atoms. The second-order valence-corrected chi connectivity index (χ2v) is 13.5. The minimum absolute atomic E-state index is 0.0459. The largest absolute Gasteiger partial charge is 0.467 e. The summed E-state index contributed by atoms with van der Waals surface area (Å²) < 4.78 is 11.8. The lowest BCUT2D eigenvalue weighted by Crippen LogP contribution is -2.27. The van der Waals surface area contributed by atoms with Gasteiger partial charge in [0.25, 0.3) is 0 Å². The molecule has 2 atom stereocenters. The molecule has 0 radical (unpaired) electrons. The monoisotopic (exact) mass is 485 g/mol. The first-order chi connectivity index (χ1) is 15.8. The molecule has 0 aliphatic heterocycles. The van der Waals surface area contributed by atoms with Gasteiger partial charge in [0.1, 0.15) is 5.75 Å². The third kappa shape index (κ3) is 6.84. The summed E-state index contributed by atoms with van der Waals surface area (Å²) in [6.07, 6.45) is 1.03. The van der Waals surface area contributed by atoms with E-state index in [-0.39, 0.29) is 22.8 Å². The Morgan fingerprint density at radius 1 is 0.912 bits per heavy atom. The van der Waals surface area contributed by atoms with Crippen LogP contribution in [0.15, 0.2) is 30.3 Å². The smallest absolute Gasteiger partial charge is 0.188 e. The molecule has 190 valence electrons. The molecule has 2 unspecified atom stereocenters. The van der Waals surface area contributed by atoms with Crippen LogP contribution in [0, 0.1) is 6.92 Å². The normalized spacial score (nSPS) is 14.6. The molecule has 0 fully saturated rings. The molecule has 2 rings (SSSR count). The van der Waals surface area contributed by atoms with E-state index in [1.54, 1.807) is 7.11 Å². The fourth-order valence-corrected chi connectivity index (χ4v) is 5.90. The van der Waals surface area contributed by atoms with Gasteiger partial charge < -0.3 is 14.8 Å². The van der Waals surface area contributed by atoms with E-state index in [0.717, 1.165) is 25.3 Å². The number of methoxy groups -OCH3 is 1. The molecule has 0 aliphatic carbocycles. The second-order valence-electron chi connectivity index (χ2n) is 11.7. The maximum absolute atomic E-state index is 6.39. The molecular formula is C30H48NO2P. The number of ether oxygens (including phenoxy) is 2. The summed E-state index contributed by atoms with van der Waals surface area (Å²) in [5.74, 6) is 1.00. The van der Waals surface area contributed by atoms with Crippen LogP contribution < -0.4 is 15.4 Å². The van der Waals surface area contributed by atoms with Crippen LogP contribution in [0.25, 0.3) is 0 Å². The summed E-state index contributed by atoms with van der Waals surface area (Å²) >= 11 is 0. The second kappa shape index (κ2) is 11.5. The summed E-state index contributed by atoms with van der Waals surface area (Å²) in [5, 5.41) is 4.95. The van der Waals surface area contributed by atoms with Gasteiger partial charge in [-0.25, -0.2) is 0 Å². The van der Waals surface area contributed by atoms with Gasteiger partial charge in [-0.05, 0) is 52.7 Å². The third-order valence-corrected chi connectivity index (χ3v) is 8.85. The molecule has 0 amide bonds. The van der Waals surface area contributed by atoms with Gasteiger partial charge in [0.05, 0.1) is 0 Å². The van der Waals surface area contributed by atoms with Crippen LogP contribution in [0.3, 0.4) is 0 Å². The van der Waals surface area contributed by atoms with Gasteiger partial charge in [0.2, 0.25) is 0 Å². The summed E-state index contributed by atoms with van der Waals surface area (Å²) in [6, 6.07) is 11.5. The van der Waals surface area contributed by atoms with Crippen LogP contribution in [-0.2, 0) is 27.3 Å². The van der Waals surface area contributed by atoms with Crippen LogP contribution in [0.1, 0.15) is 96.6 Å². The molecule has 0 spiro atoms. The number of rotatable bonds is 10. The molecule has 3 nitrogen and oxygen atoms in total. The Hall–Kier alpha value is -1.41. The van der Waals surface area contributed by atoms with E-state index in [1.807, 2.05) is 0 Å². The highest BCUT2D eigenvalue weighted by Gasteiger charge is 2.35. The Morgan fingerprint density at radius 3 is 2.09 bits per heavy atom. The van der Waals surface area contributed by atoms with E-state index in [4.69, 9.17) is 9.47 Å². The molecule has 0 saturated heterocycles. The number of hydrogen-bond acceptors (Lipinski definition) is 3. The minimum atomic E-state index is -0.0581. The van der Waals surface area contributed by atoms with Crippen LogP contribution in [-0.4, -0.2) is 20.4 Å². The fourth-order valence-electron chi connectivity index (χ4n) is 4.24. The fraction of sp³-hybridized carbons (Fsp3) is 0.600. The number of aryl methyl sites for hydroxylation is 1. The van der Waals surface area contributed by atoms with E-state index in [9.17, 15) is 0 Å². The lowest BCUT2D eigenvalue weighted by molar-refractivity contribution is 0.0486. The molecular weight excluding hydrogens is 437 g/mol. The van der Waals surface area contributed by atoms with Crippen molar-refractivity contribution >= 4 is 13.9 Å². The van der Waals surface area contributed by atoms with Crippen molar-refractivity contribution in [3.05, 3.63) is 58.1 Å². The van der Waals surface area contributed by atoms with E-state index < -0.39 is 0 Å². The van der Waals surface area contributed by atoms with Crippen LogP contribution in [0.5, 0.6) is 5.75 Å². The zero-order chi connectivity index (χ0) is 25.7. The zero-order valence-electron chi connectivity index (χ0n) is 23.5. The quantitative estimate of drug-likeness (QED) is 0.283. The van der Waals surface area contributed by atoms with E-state index in [0.29, 0.717) is 8.58 Å². The van der Waals surface area contributed by atoms with Gasteiger partial charge in [-0.15, -0.1) is 0 Å². The van der Waals surface area contributed by atoms with Crippen molar-refractivity contribution in [2.24, 2.45) is 0 Å². The molecule has 2 aromatic rings. The third-order valence-electron chi connectivity index (χ3n) is 6.71. The predicted molar refractivity (Wildman–Crippen MR) is 150 cm³/mol. The highest BCUT2D eigenvalue weighted by molar-refractivity contribution is 7.48. The summed E-state index contributed by atoms with van der Waals surface area (Å²) in [7, 11) is 2.33. The first kappa shape index (κ1) is 28.8. The molecule has 0 saturated carbocycles. The number of hydrogen-bond donors (Lipinski definition) is 1. The van der Waals surface area contributed by atoms with Gasteiger partial charge >= 0.3 is 0 Å². The van der Waals surface area contributed by atoms with Crippen LogP contribution in [0.4, 0.5) is 0 Å². The van der Waals surface area contributed by atoms with Gasteiger partial charge in [0, 0.05) is 29.9 Å². The van der Waals surface area contributed by atoms with Crippen molar-refractivity contribution in [1.82, 2.24) is 5.32 Å². The van der Waals surface area contributed by atoms with Crippen molar-refractivity contribution in [2.75, 3.05) is 20.4 Å².